The molecular weight excluding hydrogens is 386 g/mol. The second kappa shape index (κ2) is 10.9. The van der Waals surface area contributed by atoms with Crippen LogP contribution < -0.4 is 10.1 Å². The molecule has 2 amide bonds. The Balaban J connectivity index is 1.52. The summed E-state index contributed by atoms with van der Waals surface area (Å²) < 4.78 is 16.4. The molecule has 1 atom stereocenters. The second-order valence-corrected chi connectivity index (χ2v) is 7.58. The summed E-state index contributed by atoms with van der Waals surface area (Å²) in [4.78, 5) is 28.3. The number of rotatable bonds is 8. The number of piperazine rings is 1. The van der Waals surface area contributed by atoms with Gasteiger partial charge in [-0.2, -0.15) is 0 Å². The number of hydrogen-bond donors (Lipinski definition) is 1. The summed E-state index contributed by atoms with van der Waals surface area (Å²) in [7, 11) is 1.63. The second-order valence-electron chi connectivity index (χ2n) is 7.58. The standard InChI is InChI=1S/C22H31N3O5/c1-17(26)24-9-10-25(19(13-24)15-30-21-4-3-11-29-16-21)14-22(27)23-12-18-5-7-20(28-2)8-6-18/h5-8,16,19H,3-4,9-15H2,1-2H3,(H,23,27). The number of nitrogens with one attached hydrogen (secondary N) is 1. The average molecular weight is 418 g/mol. The predicted molar refractivity (Wildman–Crippen MR) is 112 cm³/mol. The van der Waals surface area contributed by atoms with Crippen LogP contribution in [-0.4, -0.2) is 74.2 Å². The molecular formula is C22H31N3O5. The Morgan fingerprint density at radius 2 is 2.03 bits per heavy atom. The van der Waals surface area contributed by atoms with Crippen molar-refractivity contribution in [3.8, 4) is 5.75 Å². The number of benzene rings is 1. The Hall–Kier alpha value is -2.74. The Morgan fingerprint density at radius 1 is 1.23 bits per heavy atom. The summed E-state index contributed by atoms with van der Waals surface area (Å²) in [6.07, 6.45) is 3.46. The molecule has 8 nitrogen and oxygen atoms in total. The van der Waals surface area contributed by atoms with Crippen LogP contribution in [0.2, 0.25) is 0 Å². The van der Waals surface area contributed by atoms with E-state index in [2.05, 4.69) is 10.2 Å². The average Bonchev–Trinajstić information content (AvgIpc) is 2.78. The van der Waals surface area contributed by atoms with E-state index in [1.54, 1.807) is 20.3 Å². The molecule has 1 unspecified atom stereocenters. The van der Waals surface area contributed by atoms with E-state index in [1.165, 1.54) is 0 Å². The number of carbonyl (C=O) groups is 2. The summed E-state index contributed by atoms with van der Waals surface area (Å²) in [6, 6.07) is 7.57. The van der Waals surface area contributed by atoms with Gasteiger partial charge in [0.25, 0.3) is 0 Å². The van der Waals surface area contributed by atoms with E-state index in [0.29, 0.717) is 32.8 Å². The van der Waals surface area contributed by atoms with Gasteiger partial charge in [0.05, 0.1) is 26.3 Å². The Bertz CT molecular complexity index is 750. The first kappa shape index (κ1) is 22.0. The van der Waals surface area contributed by atoms with Gasteiger partial charge in [0.15, 0.2) is 0 Å². The molecule has 2 aliphatic heterocycles. The molecule has 0 aromatic heterocycles. The predicted octanol–water partition coefficient (Wildman–Crippen LogP) is 1.51. The third kappa shape index (κ3) is 6.38. The van der Waals surface area contributed by atoms with E-state index in [4.69, 9.17) is 14.2 Å². The maximum Gasteiger partial charge on any atom is 0.234 e. The molecule has 1 aromatic carbocycles. The smallest absolute Gasteiger partial charge is 0.234 e. The zero-order valence-electron chi connectivity index (χ0n) is 17.8. The molecule has 1 aromatic rings. The van der Waals surface area contributed by atoms with Crippen molar-refractivity contribution in [3.63, 3.8) is 0 Å². The highest BCUT2D eigenvalue weighted by Gasteiger charge is 2.30. The number of amides is 2. The SMILES string of the molecule is COc1ccc(CNC(=O)CN2CCN(C(C)=O)CC2COC2=COCCC2)cc1. The van der Waals surface area contributed by atoms with Crippen molar-refractivity contribution in [2.75, 3.05) is 46.5 Å². The number of methoxy groups -OCH3 is 1. The number of ether oxygens (including phenoxy) is 3. The minimum absolute atomic E-state index is 0.0442. The third-order valence-corrected chi connectivity index (χ3v) is 5.41. The molecule has 1 fully saturated rings. The summed E-state index contributed by atoms with van der Waals surface area (Å²) in [5.41, 5.74) is 1.01. The Labute approximate surface area is 177 Å². The van der Waals surface area contributed by atoms with Gasteiger partial charge in [0.1, 0.15) is 24.4 Å². The van der Waals surface area contributed by atoms with E-state index in [-0.39, 0.29) is 24.4 Å². The van der Waals surface area contributed by atoms with Crippen LogP contribution >= 0.6 is 0 Å². The quantitative estimate of drug-likeness (QED) is 0.691. The van der Waals surface area contributed by atoms with E-state index in [9.17, 15) is 9.59 Å². The van der Waals surface area contributed by atoms with Gasteiger partial charge in [-0.3, -0.25) is 14.5 Å². The van der Waals surface area contributed by atoms with Crippen LogP contribution in [0.15, 0.2) is 36.3 Å². The van der Waals surface area contributed by atoms with Crippen LogP contribution in [0.4, 0.5) is 0 Å². The lowest BCUT2D eigenvalue weighted by Crippen LogP contribution is -2.57. The topological polar surface area (TPSA) is 80.3 Å². The van der Waals surface area contributed by atoms with Crippen LogP contribution in [0, 0.1) is 0 Å². The summed E-state index contributed by atoms with van der Waals surface area (Å²) in [5, 5.41) is 2.97. The summed E-state index contributed by atoms with van der Waals surface area (Å²) >= 11 is 0. The van der Waals surface area contributed by atoms with Crippen LogP contribution in [0.25, 0.3) is 0 Å². The maximum absolute atomic E-state index is 12.5. The number of nitrogens with zero attached hydrogens (tertiary/aromatic N) is 2. The van der Waals surface area contributed by atoms with Crippen molar-refractivity contribution in [3.05, 3.63) is 41.9 Å². The van der Waals surface area contributed by atoms with Gasteiger partial charge in [-0.05, 0) is 24.1 Å². The van der Waals surface area contributed by atoms with Gasteiger partial charge in [-0.15, -0.1) is 0 Å². The van der Waals surface area contributed by atoms with Crippen molar-refractivity contribution >= 4 is 11.8 Å². The fourth-order valence-corrected chi connectivity index (χ4v) is 3.58. The van der Waals surface area contributed by atoms with Crippen molar-refractivity contribution in [1.82, 2.24) is 15.1 Å². The van der Waals surface area contributed by atoms with E-state index < -0.39 is 0 Å². The summed E-state index contributed by atoms with van der Waals surface area (Å²) in [6.45, 7) is 5.25. The van der Waals surface area contributed by atoms with E-state index in [1.807, 2.05) is 29.2 Å². The highest BCUT2D eigenvalue weighted by atomic mass is 16.5. The zero-order valence-corrected chi connectivity index (χ0v) is 17.8. The normalized spacial score (nSPS) is 19.5. The molecule has 8 heteroatoms. The van der Waals surface area contributed by atoms with Gasteiger partial charge in [-0.1, -0.05) is 12.1 Å². The Kier molecular flexibility index (Phi) is 7.96. The van der Waals surface area contributed by atoms with Gasteiger partial charge >= 0.3 is 0 Å². The monoisotopic (exact) mass is 417 g/mol. The molecule has 164 valence electrons. The molecule has 30 heavy (non-hydrogen) atoms. The fourth-order valence-electron chi connectivity index (χ4n) is 3.58. The lowest BCUT2D eigenvalue weighted by Gasteiger charge is -2.40. The fraction of sp³-hybridized carbons (Fsp3) is 0.545. The van der Waals surface area contributed by atoms with Gasteiger partial charge in [-0.25, -0.2) is 0 Å². The molecule has 0 bridgehead atoms. The third-order valence-electron chi connectivity index (χ3n) is 5.41. The van der Waals surface area contributed by atoms with Crippen LogP contribution in [-0.2, 0) is 25.6 Å². The van der Waals surface area contributed by atoms with Crippen LogP contribution in [0.3, 0.4) is 0 Å². The highest BCUT2D eigenvalue weighted by molar-refractivity contribution is 5.78. The zero-order chi connectivity index (χ0) is 21.3. The Morgan fingerprint density at radius 3 is 2.70 bits per heavy atom. The van der Waals surface area contributed by atoms with Crippen molar-refractivity contribution in [2.24, 2.45) is 0 Å². The molecule has 2 aliphatic rings. The van der Waals surface area contributed by atoms with Crippen LogP contribution in [0.1, 0.15) is 25.3 Å². The first-order chi connectivity index (χ1) is 14.5. The lowest BCUT2D eigenvalue weighted by atomic mass is 10.1. The molecule has 1 saturated heterocycles. The van der Waals surface area contributed by atoms with E-state index >= 15 is 0 Å². The van der Waals surface area contributed by atoms with Crippen LogP contribution in [0.5, 0.6) is 5.75 Å². The number of hydrogen-bond acceptors (Lipinski definition) is 6. The lowest BCUT2D eigenvalue weighted by molar-refractivity contribution is -0.133. The van der Waals surface area contributed by atoms with E-state index in [0.717, 1.165) is 36.5 Å². The molecule has 0 radical (unpaired) electrons. The minimum atomic E-state index is -0.0488. The molecule has 0 aliphatic carbocycles. The van der Waals surface area contributed by atoms with Gasteiger partial charge < -0.3 is 24.4 Å². The molecule has 0 saturated carbocycles. The first-order valence-corrected chi connectivity index (χ1v) is 10.4. The highest BCUT2D eigenvalue weighted by Crippen LogP contribution is 2.17. The van der Waals surface area contributed by atoms with Crippen molar-refractivity contribution in [2.45, 2.75) is 32.4 Å². The minimum Gasteiger partial charge on any atom is -0.498 e. The van der Waals surface area contributed by atoms with Crippen molar-refractivity contribution < 1.29 is 23.8 Å². The molecule has 2 heterocycles. The number of allylic oxidation sites excluding steroid dienone is 1. The molecule has 3 rings (SSSR count). The summed E-state index contributed by atoms with van der Waals surface area (Å²) in [5.74, 6) is 1.61. The largest absolute Gasteiger partial charge is 0.498 e. The first-order valence-electron chi connectivity index (χ1n) is 10.4. The van der Waals surface area contributed by atoms with Crippen molar-refractivity contribution in [1.29, 1.82) is 0 Å². The van der Waals surface area contributed by atoms with Gasteiger partial charge in [0.2, 0.25) is 11.8 Å². The van der Waals surface area contributed by atoms with Gasteiger partial charge in [0, 0.05) is 39.5 Å². The maximum atomic E-state index is 12.5. The molecule has 0 spiro atoms. The number of carbonyl (C=O) groups excluding carboxylic acids is 2. The molecule has 1 N–H and O–H groups in total.